The van der Waals surface area contributed by atoms with Crippen molar-refractivity contribution < 1.29 is 32.7 Å². The maximum absolute atomic E-state index is 11.6. The zero-order valence-corrected chi connectivity index (χ0v) is 8.51. The molecule has 16 heavy (non-hydrogen) atoms. The third-order valence-electron chi connectivity index (χ3n) is 1.62. The van der Waals surface area contributed by atoms with E-state index < -0.39 is 24.7 Å². The minimum atomic E-state index is -4.56. The van der Waals surface area contributed by atoms with Gasteiger partial charge in [-0.2, -0.15) is 13.2 Å². The van der Waals surface area contributed by atoms with Crippen LogP contribution in [0.2, 0.25) is 0 Å². The first-order valence-electron chi connectivity index (χ1n) is 4.05. The maximum Gasteiger partial charge on any atom is 0.414 e. The molecule has 0 bridgehead atoms. The molecule has 0 radical (unpaired) electrons. The molecule has 0 spiro atoms. The Bertz CT molecular complexity index is 322. The first-order valence-corrected chi connectivity index (χ1v) is 4.05. The smallest absolute Gasteiger partial charge is 0.414 e. The predicted molar refractivity (Wildman–Crippen MR) is 46.2 cm³/mol. The highest BCUT2D eigenvalue weighted by molar-refractivity contribution is 6.00. The van der Waals surface area contributed by atoms with Crippen LogP contribution in [0.3, 0.4) is 0 Å². The molecule has 8 heteroatoms. The standard InChI is InChI=1S/C8H10F3NO4/c1-4(5(2)7(14)15)6(13)12-16-3-8(9,10)11/h3H2,1-2H3,(H,12,13)(H,14,15). The van der Waals surface area contributed by atoms with Crippen LogP contribution in [-0.2, 0) is 14.4 Å². The highest BCUT2D eigenvalue weighted by Gasteiger charge is 2.28. The number of carboxylic acid groups (broad SMARTS) is 1. The van der Waals surface area contributed by atoms with Gasteiger partial charge in [-0.3, -0.25) is 9.63 Å². The number of amides is 1. The molecule has 2 N–H and O–H groups in total. The van der Waals surface area contributed by atoms with Gasteiger partial charge in [-0.25, -0.2) is 10.3 Å². The van der Waals surface area contributed by atoms with E-state index in [1.807, 2.05) is 0 Å². The Labute approximate surface area is 88.8 Å². The van der Waals surface area contributed by atoms with Crippen LogP contribution in [-0.4, -0.2) is 29.8 Å². The Morgan fingerprint density at radius 1 is 1.25 bits per heavy atom. The van der Waals surface area contributed by atoms with Gasteiger partial charge in [0.15, 0.2) is 6.61 Å². The maximum atomic E-state index is 11.6. The molecule has 0 aliphatic carbocycles. The Kier molecular flexibility index (Phi) is 4.96. The van der Waals surface area contributed by atoms with Gasteiger partial charge in [0.25, 0.3) is 5.91 Å². The zero-order chi connectivity index (χ0) is 12.9. The van der Waals surface area contributed by atoms with Crippen LogP contribution in [0.4, 0.5) is 13.2 Å². The van der Waals surface area contributed by atoms with Crippen molar-refractivity contribution in [3.8, 4) is 0 Å². The van der Waals surface area contributed by atoms with Gasteiger partial charge < -0.3 is 5.11 Å². The summed E-state index contributed by atoms with van der Waals surface area (Å²) in [6.07, 6.45) is -4.56. The molecule has 0 aromatic heterocycles. The van der Waals surface area contributed by atoms with Gasteiger partial charge >= 0.3 is 12.1 Å². The Morgan fingerprint density at radius 3 is 2.12 bits per heavy atom. The van der Waals surface area contributed by atoms with Gasteiger partial charge in [-0.15, -0.1) is 0 Å². The number of carbonyl (C=O) groups excluding carboxylic acids is 1. The molecule has 0 aromatic carbocycles. The molecule has 92 valence electrons. The van der Waals surface area contributed by atoms with Crippen molar-refractivity contribution in [1.82, 2.24) is 5.48 Å². The van der Waals surface area contributed by atoms with E-state index in [0.29, 0.717) is 0 Å². The van der Waals surface area contributed by atoms with E-state index in [1.54, 1.807) is 0 Å². The van der Waals surface area contributed by atoms with Gasteiger partial charge in [0, 0.05) is 11.1 Å². The highest BCUT2D eigenvalue weighted by atomic mass is 19.4. The van der Waals surface area contributed by atoms with Gasteiger partial charge in [0.1, 0.15) is 0 Å². The van der Waals surface area contributed by atoms with E-state index in [1.165, 1.54) is 5.48 Å². The number of hydroxylamine groups is 1. The van der Waals surface area contributed by atoms with Crippen molar-refractivity contribution in [3.05, 3.63) is 11.1 Å². The van der Waals surface area contributed by atoms with Crippen LogP contribution >= 0.6 is 0 Å². The van der Waals surface area contributed by atoms with Gasteiger partial charge in [-0.05, 0) is 13.8 Å². The highest BCUT2D eigenvalue weighted by Crippen LogP contribution is 2.13. The summed E-state index contributed by atoms with van der Waals surface area (Å²) in [6.45, 7) is 0.675. The lowest BCUT2D eigenvalue weighted by molar-refractivity contribution is -0.190. The van der Waals surface area contributed by atoms with E-state index >= 15 is 0 Å². The molecular formula is C8H10F3NO4. The van der Waals surface area contributed by atoms with Crippen LogP contribution in [0.5, 0.6) is 0 Å². The summed E-state index contributed by atoms with van der Waals surface area (Å²) in [7, 11) is 0. The monoisotopic (exact) mass is 241 g/mol. The molecule has 0 heterocycles. The molecule has 0 saturated carbocycles. The molecule has 0 saturated heterocycles. The predicted octanol–water partition coefficient (Wildman–Crippen LogP) is 1.02. The summed E-state index contributed by atoms with van der Waals surface area (Å²) in [6, 6.07) is 0. The molecule has 0 aromatic rings. The number of hydrogen-bond donors (Lipinski definition) is 2. The first kappa shape index (κ1) is 14.4. The largest absolute Gasteiger partial charge is 0.478 e. The van der Waals surface area contributed by atoms with Crippen LogP contribution < -0.4 is 5.48 Å². The lowest BCUT2D eigenvalue weighted by atomic mass is 10.1. The molecule has 1 amide bonds. The molecule has 0 aliphatic rings. The second-order valence-electron chi connectivity index (χ2n) is 2.89. The summed E-state index contributed by atoms with van der Waals surface area (Å²) in [5.74, 6) is -2.35. The van der Waals surface area contributed by atoms with E-state index in [-0.39, 0.29) is 11.1 Å². The lowest BCUT2D eigenvalue weighted by Gasteiger charge is -2.09. The fourth-order valence-electron chi connectivity index (χ4n) is 0.591. The number of rotatable bonds is 4. The van der Waals surface area contributed by atoms with Gasteiger partial charge in [0.2, 0.25) is 0 Å². The third-order valence-corrected chi connectivity index (χ3v) is 1.62. The Hall–Kier alpha value is -1.57. The van der Waals surface area contributed by atoms with Crippen LogP contribution in [0.1, 0.15) is 13.8 Å². The minimum absolute atomic E-state index is 0.227. The topological polar surface area (TPSA) is 75.6 Å². The van der Waals surface area contributed by atoms with Crippen molar-refractivity contribution in [2.24, 2.45) is 0 Å². The number of halogens is 3. The van der Waals surface area contributed by atoms with Gasteiger partial charge in [0.05, 0.1) is 0 Å². The SMILES string of the molecule is CC(C(=O)O)=C(C)C(=O)NOCC(F)(F)F. The summed E-state index contributed by atoms with van der Waals surface area (Å²) in [4.78, 5) is 25.3. The first-order chi connectivity index (χ1) is 7.15. The van der Waals surface area contributed by atoms with E-state index in [0.717, 1.165) is 13.8 Å². The van der Waals surface area contributed by atoms with Crippen molar-refractivity contribution in [2.45, 2.75) is 20.0 Å². The van der Waals surface area contributed by atoms with Crippen molar-refractivity contribution in [2.75, 3.05) is 6.61 Å². The van der Waals surface area contributed by atoms with Crippen LogP contribution in [0, 0.1) is 0 Å². The van der Waals surface area contributed by atoms with E-state index in [2.05, 4.69) is 4.84 Å². The molecule has 0 rings (SSSR count). The summed E-state index contributed by atoms with van der Waals surface area (Å²) in [5, 5.41) is 8.50. The zero-order valence-electron chi connectivity index (χ0n) is 8.51. The molecule has 5 nitrogen and oxygen atoms in total. The second kappa shape index (κ2) is 5.50. The summed E-state index contributed by atoms with van der Waals surface area (Å²) >= 11 is 0. The van der Waals surface area contributed by atoms with Crippen LogP contribution in [0.25, 0.3) is 0 Å². The van der Waals surface area contributed by atoms with Crippen molar-refractivity contribution in [3.63, 3.8) is 0 Å². The average molecular weight is 241 g/mol. The quantitative estimate of drug-likeness (QED) is 0.569. The lowest BCUT2D eigenvalue weighted by Crippen LogP contribution is -2.30. The molecule has 0 atom stereocenters. The minimum Gasteiger partial charge on any atom is -0.478 e. The molecule has 0 unspecified atom stereocenters. The summed E-state index contributed by atoms with van der Waals surface area (Å²) < 4.78 is 34.8. The number of aliphatic carboxylic acids is 1. The fraction of sp³-hybridized carbons (Fsp3) is 0.500. The number of hydrogen-bond acceptors (Lipinski definition) is 3. The number of alkyl halides is 3. The number of nitrogens with one attached hydrogen (secondary N) is 1. The normalized spacial score (nSPS) is 13.1. The number of carboxylic acids is 1. The Balaban J connectivity index is 4.29. The third kappa shape index (κ3) is 5.35. The number of carbonyl (C=O) groups is 2. The molecular weight excluding hydrogens is 231 g/mol. The van der Waals surface area contributed by atoms with Crippen molar-refractivity contribution >= 4 is 11.9 Å². The molecule has 0 aliphatic heterocycles. The summed E-state index contributed by atoms with van der Waals surface area (Å²) in [5.41, 5.74) is 0.997. The average Bonchev–Trinajstić information content (AvgIpc) is 2.13. The van der Waals surface area contributed by atoms with Crippen molar-refractivity contribution in [1.29, 1.82) is 0 Å². The Morgan fingerprint density at radius 2 is 1.75 bits per heavy atom. The van der Waals surface area contributed by atoms with E-state index in [4.69, 9.17) is 5.11 Å². The van der Waals surface area contributed by atoms with E-state index in [9.17, 15) is 22.8 Å². The van der Waals surface area contributed by atoms with Gasteiger partial charge in [-0.1, -0.05) is 0 Å². The molecule has 0 fully saturated rings. The second-order valence-corrected chi connectivity index (χ2v) is 2.89. The fourth-order valence-corrected chi connectivity index (χ4v) is 0.591. The van der Waals surface area contributed by atoms with Crippen LogP contribution in [0.15, 0.2) is 11.1 Å².